The Morgan fingerprint density at radius 3 is 2.58 bits per heavy atom. The topological polar surface area (TPSA) is 59.7 Å². The number of hydrogen-bond donors (Lipinski definition) is 2. The number of halogens is 2. The molecule has 3 aromatic rings. The Hall–Kier alpha value is -2.09. The number of nitrogens with zero attached hydrogens (tertiary/aromatic N) is 4. The molecule has 0 saturated carbocycles. The number of nitrogens with one attached hydrogen (secondary N) is 2. The Kier molecular flexibility index (Phi) is 5.80. The summed E-state index contributed by atoms with van der Waals surface area (Å²) < 4.78 is 3.58. The first-order valence-corrected chi connectivity index (χ1v) is 9.09. The van der Waals surface area contributed by atoms with E-state index in [0.717, 1.165) is 17.0 Å². The maximum Gasteiger partial charge on any atom is 0.172 e. The second-order valence-electron chi connectivity index (χ2n) is 5.81. The van der Waals surface area contributed by atoms with Crippen LogP contribution in [0.1, 0.15) is 17.0 Å². The van der Waals surface area contributed by atoms with Gasteiger partial charge in [-0.1, -0.05) is 29.3 Å². The fourth-order valence-corrected chi connectivity index (χ4v) is 3.11. The third-order valence-corrected chi connectivity index (χ3v) is 4.81. The van der Waals surface area contributed by atoms with E-state index in [1.54, 1.807) is 4.68 Å². The average molecular weight is 409 g/mol. The molecule has 0 unspecified atom stereocenters. The number of anilines is 1. The van der Waals surface area contributed by atoms with Gasteiger partial charge in [0.25, 0.3) is 0 Å². The lowest BCUT2D eigenvalue weighted by Gasteiger charge is -2.08. The van der Waals surface area contributed by atoms with Gasteiger partial charge in [-0.15, -0.1) is 0 Å². The van der Waals surface area contributed by atoms with Crippen LogP contribution >= 0.6 is 35.4 Å². The molecule has 0 saturated heterocycles. The largest absolute Gasteiger partial charge is 0.357 e. The van der Waals surface area contributed by atoms with Gasteiger partial charge in [-0.2, -0.15) is 10.2 Å². The summed E-state index contributed by atoms with van der Waals surface area (Å²) in [6, 6.07) is 9.28. The molecule has 2 aromatic heterocycles. The van der Waals surface area contributed by atoms with Gasteiger partial charge < -0.3 is 10.6 Å². The fraction of sp³-hybridized carbons (Fsp3) is 0.235. The van der Waals surface area contributed by atoms with Gasteiger partial charge in [-0.3, -0.25) is 9.36 Å². The second-order valence-corrected chi connectivity index (χ2v) is 7.03. The molecule has 0 fully saturated rings. The minimum Gasteiger partial charge on any atom is -0.357 e. The van der Waals surface area contributed by atoms with Crippen LogP contribution in [0.25, 0.3) is 0 Å². The number of rotatable bonds is 5. The van der Waals surface area contributed by atoms with E-state index in [2.05, 4.69) is 20.8 Å². The summed E-state index contributed by atoms with van der Waals surface area (Å²) in [5, 5.41) is 16.7. The van der Waals surface area contributed by atoms with E-state index in [0.29, 0.717) is 34.1 Å². The maximum atomic E-state index is 6.20. The van der Waals surface area contributed by atoms with Crippen LogP contribution in [-0.2, 0) is 20.1 Å². The molecular weight excluding hydrogens is 391 g/mol. The Morgan fingerprint density at radius 1 is 1.19 bits per heavy atom. The van der Waals surface area contributed by atoms with Gasteiger partial charge in [0.1, 0.15) is 0 Å². The molecule has 0 bridgehead atoms. The molecule has 0 aliphatic carbocycles. The third-order valence-electron chi connectivity index (χ3n) is 3.86. The summed E-state index contributed by atoms with van der Waals surface area (Å²) in [5.41, 5.74) is 2.85. The van der Waals surface area contributed by atoms with Crippen molar-refractivity contribution in [2.24, 2.45) is 7.05 Å². The summed E-state index contributed by atoms with van der Waals surface area (Å²) in [7, 11) is 1.91. The van der Waals surface area contributed by atoms with Gasteiger partial charge in [-0.25, -0.2) is 0 Å². The highest BCUT2D eigenvalue weighted by Gasteiger charge is 2.08. The zero-order valence-electron chi connectivity index (χ0n) is 14.3. The van der Waals surface area contributed by atoms with Crippen LogP contribution in [0.2, 0.25) is 10.0 Å². The first-order chi connectivity index (χ1) is 12.4. The standard InChI is InChI=1S/C17H18Cl2N6S/c1-11-8-12(22-24(11)2)9-20-17(26)21-16-6-7-25(23-16)10-13-14(18)4-3-5-15(13)19/h3-8H,9-10H2,1-2H3,(H2,20,21,23,26). The number of hydrogen-bond acceptors (Lipinski definition) is 3. The van der Waals surface area contributed by atoms with Gasteiger partial charge >= 0.3 is 0 Å². The van der Waals surface area contributed by atoms with E-state index in [9.17, 15) is 0 Å². The first-order valence-electron chi connectivity index (χ1n) is 7.93. The lowest BCUT2D eigenvalue weighted by atomic mass is 10.2. The Balaban J connectivity index is 1.57. The monoisotopic (exact) mass is 408 g/mol. The molecule has 9 heteroatoms. The maximum absolute atomic E-state index is 6.20. The van der Waals surface area contributed by atoms with Crippen LogP contribution in [0, 0.1) is 6.92 Å². The molecule has 26 heavy (non-hydrogen) atoms. The summed E-state index contributed by atoms with van der Waals surface area (Å²) in [5.74, 6) is 0.642. The zero-order chi connectivity index (χ0) is 18.7. The van der Waals surface area contributed by atoms with Crippen LogP contribution in [-0.4, -0.2) is 24.7 Å². The lowest BCUT2D eigenvalue weighted by molar-refractivity contribution is 0.690. The Bertz CT molecular complexity index is 893. The Morgan fingerprint density at radius 2 is 1.92 bits per heavy atom. The summed E-state index contributed by atoms with van der Waals surface area (Å²) in [4.78, 5) is 0. The minimum atomic E-state index is 0.480. The normalized spacial score (nSPS) is 10.8. The zero-order valence-corrected chi connectivity index (χ0v) is 16.7. The van der Waals surface area contributed by atoms with Crippen molar-refractivity contribution in [2.45, 2.75) is 20.0 Å². The minimum absolute atomic E-state index is 0.480. The second kappa shape index (κ2) is 8.07. The average Bonchev–Trinajstić information content (AvgIpc) is 3.16. The van der Waals surface area contributed by atoms with Crippen molar-refractivity contribution in [1.82, 2.24) is 24.9 Å². The molecule has 0 aliphatic rings. The van der Waals surface area contributed by atoms with Gasteiger partial charge in [0.05, 0.1) is 18.8 Å². The van der Waals surface area contributed by atoms with Crippen molar-refractivity contribution in [3.8, 4) is 0 Å². The highest BCUT2D eigenvalue weighted by Crippen LogP contribution is 2.25. The smallest absolute Gasteiger partial charge is 0.172 e. The predicted molar refractivity (Wildman–Crippen MR) is 109 cm³/mol. The van der Waals surface area contributed by atoms with Crippen molar-refractivity contribution in [2.75, 3.05) is 5.32 Å². The molecule has 3 rings (SSSR count). The van der Waals surface area contributed by atoms with Crippen LogP contribution in [0.4, 0.5) is 5.82 Å². The molecule has 136 valence electrons. The molecule has 2 N–H and O–H groups in total. The van der Waals surface area contributed by atoms with E-state index in [4.69, 9.17) is 35.4 Å². The number of benzene rings is 1. The number of aromatic nitrogens is 4. The molecular formula is C17H18Cl2N6S. The SMILES string of the molecule is Cc1cc(CNC(=S)Nc2ccn(Cc3c(Cl)cccc3Cl)n2)nn1C. The lowest BCUT2D eigenvalue weighted by Crippen LogP contribution is -2.28. The van der Waals surface area contributed by atoms with Crippen LogP contribution < -0.4 is 10.6 Å². The highest BCUT2D eigenvalue weighted by molar-refractivity contribution is 7.80. The number of thiocarbonyl (C=S) groups is 1. The summed E-state index contributed by atoms with van der Waals surface area (Å²) >= 11 is 17.7. The quantitative estimate of drug-likeness (QED) is 0.629. The predicted octanol–water partition coefficient (Wildman–Crippen LogP) is 3.77. The van der Waals surface area contributed by atoms with E-state index in [1.807, 2.05) is 55.2 Å². The van der Waals surface area contributed by atoms with Crippen molar-refractivity contribution in [3.63, 3.8) is 0 Å². The molecule has 1 aromatic carbocycles. The van der Waals surface area contributed by atoms with Gasteiger partial charge in [0.15, 0.2) is 10.9 Å². The molecule has 2 heterocycles. The molecule has 0 spiro atoms. The molecule has 0 aliphatic heterocycles. The van der Waals surface area contributed by atoms with Crippen molar-refractivity contribution in [1.29, 1.82) is 0 Å². The highest BCUT2D eigenvalue weighted by atomic mass is 35.5. The van der Waals surface area contributed by atoms with Crippen LogP contribution in [0.3, 0.4) is 0 Å². The van der Waals surface area contributed by atoms with Crippen molar-refractivity contribution < 1.29 is 0 Å². The summed E-state index contributed by atoms with van der Waals surface area (Å²) in [6.45, 7) is 3.03. The first kappa shape index (κ1) is 18.7. The molecule has 0 atom stereocenters. The Labute approximate surface area is 167 Å². The van der Waals surface area contributed by atoms with Gasteiger partial charge in [0.2, 0.25) is 0 Å². The fourth-order valence-electron chi connectivity index (χ4n) is 2.41. The van der Waals surface area contributed by atoms with E-state index < -0.39 is 0 Å². The molecule has 6 nitrogen and oxygen atoms in total. The van der Waals surface area contributed by atoms with Gasteiger partial charge in [0, 0.05) is 40.6 Å². The number of aryl methyl sites for hydroxylation is 2. The van der Waals surface area contributed by atoms with Crippen LogP contribution in [0.15, 0.2) is 36.5 Å². The van der Waals surface area contributed by atoms with Crippen molar-refractivity contribution >= 4 is 46.4 Å². The van der Waals surface area contributed by atoms with Gasteiger partial charge in [-0.05, 0) is 37.3 Å². The summed E-state index contributed by atoms with van der Waals surface area (Å²) in [6.07, 6.45) is 1.84. The molecule has 0 amide bonds. The van der Waals surface area contributed by atoms with E-state index in [-0.39, 0.29) is 0 Å². The van der Waals surface area contributed by atoms with Crippen LogP contribution in [0.5, 0.6) is 0 Å². The van der Waals surface area contributed by atoms with E-state index >= 15 is 0 Å². The third kappa shape index (κ3) is 4.55. The molecule has 0 radical (unpaired) electrons. The van der Waals surface area contributed by atoms with Crippen molar-refractivity contribution in [3.05, 3.63) is 63.5 Å². The van der Waals surface area contributed by atoms with E-state index in [1.165, 1.54) is 0 Å².